The van der Waals surface area contributed by atoms with Crippen LogP contribution in [-0.2, 0) is 11.3 Å². The first-order valence-electron chi connectivity index (χ1n) is 18.5. The highest BCUT2D eigenvalue weighted by Crippen LogP contribution is 2.78. The van der Waals surface area contributed by atoms with Gasteiger partial charge in [0.25, 0.3) is 0 Å². The van der Waals surface area contributed by atoms with Crippen molar-refractivity contribution in [1.29, 1.82) is 0 Å². The molecule has 0 aliphatic heterocycles. The Morgan fingerprint density at radius 3 is 2.33 bits per heavy atom. The average molecular weight is 654 g/mol. The van der Waals surface area contributed by atoms with E-state index < -0.39 is 22.5 Å². The Labute approximate surface area is 286 Å². The molecule has 8 rings (SSSR count). The molecule has 0 aromatic heterocycles. The first-order valence-corrected chi connectivity index (χ1v) is 18.5. The van der Waals surface area contributed by atoms with Crippen LogP contribution in [0.25, 0.3) is 0 Å². The molecule has 48 heavy (non-hydrogen) atoms. The zero-order valence-electron chi connectivity index (χ0n) is 29.1. The summed E-state index contributed by atoms with van der Waals surface area (Å²) in [5.41, 5.74) is 0.461. The lowest BCUT2D eigenvalue weighted by molar-refractivity contribution is -0.177. The summed E-state index contributed by atoms with van der Waals surface area (Å²) in [5.74, 6) is 0.469. The van der Waals surface area contributed by atoms with Gasteiger partial charge in [0.1, 0.15) is 0 Å². The molecule has 0 heterocycles. The first-order chi connectivity index (χ1) is 23.0. The van der Waals surface area contributed by atoms with E-state index in [9.17, 15) is 20.1 Å². The standard InChI is InChI=1S/C42H55NO5/c1-4-23-43(26-33(45)28-48-27-30-11-7-5-8-12-30)29-41(47)20-17-36-39(41,3)19-16-35-38(2)18-15-32(44)24-40(38)21-22-42(35,36)34(25-40)37(46)31-13-9-6-10-14-31/h5-14,21-22,25,32-33,35-36,44-45,47H,4,15-20,23-24,26-29H2,1-3H3/t32?,33-,35-,36-,38-,39+,40+,41-,42-/m1/s1. The average Bonchev–Trinajstić information content (AvgIpc) is 3.35. The third-order valence-corrected chi connectivity index (χ3v) is 13.9. The summed E-state index contributed by atoms with van der Waals surface area (Å²) in [6, 6.07) is 19.7. The summed E-state index contributed by atoms with van der Waals surface area (Å²) in [6.45, 7) is 9.29. The number of ketones is 1. The Balaban J connectivity index is 1.18. The second-order valence-electron chi connectivity index (χ2n) is 16.4. The summed E-state index contributed by atoms with van der Waals surface area (Å²) in [6.07, 6.45) is 12.7. The molecule has 6 nitrogen and oxygen atoms in total. The number of hydrogen-bond acceptors (Lipinski definition) is 6. The van der Waals surface area contributed by atoms with Crippen molar-refractivity contribution >= 4 is 5.78 Å². The van der Waals surface area contributed by atoms with Crippen molar-refractivity contribution in [3.8, 4) is 0 Å². The number of rotatable bonds is 12. The number of nitrogens with zero attached hydrogens (tertiary/aromatic N) is 1. The molecule has 0 saturated heterocycles. The molecule has 3 saturated carbocycles. The van der Waals surface area contributed by atoms with Crippen LogP contribution in [0.5, 0.6) is 0 Å². The maximum absolute atomic E-state index is 14.6. The Bertz CT molecular complexity index is 1540. The number of carbonyl (C=O) groups is 1. The van der Waals surface area contributed by atoms with Gasteiger partial charge >= 0.3 is 0 Å². The summed E-state index contributed by atoms with van der Waals surface area (Å²) >= 11 is 0. The topological polar surface area (TPSA) is 90.2 Å². The Morgan fingerprint density at radius 2 is 1.60 bits per heavy atom. The minimum Gasteiger partial charge on any atom is -0.393 e. The van der Waals surface area contributed by atoms with E-state index >= 15 is 0 Å². The minimum atomic E-state index is -0.957. The van der Waals surface area contributed by atoms with Gasteiger partial charge in [-0.1, -0.05) is 99.7 Å². The maximum atomic E-state index is 14.6. The molecule has 0 amide bonds. The van der Waals surface area contributed by atoms with Crippen molar-refractivity contribution in [1.82, 2.24) is 4.90 Å². The summed E-state index contributed by atoms with van der Waals surface area (Å²) in [4.78, 5) is 16.9. The zero-order valence-corrected chi connectivity index (χ0v) is 29.1. The SMILES string of the molecule is CCCN(C[C@@H](O)COCc1ccccc1)C[C@]1(O)CC[C@H]2[C@]34C=C[C@@]5(C=C3C(=O)c3ccccc3)CC(O)CC[C@]5(C)[C@H]4CC[C@@]21C. The smallest absolute Gasteiger partial charge is 0.189 e. The van der Waals surface area contributed by atoms with Crippen LogP contribution in [0.1, 0.15) is 88.1 Å². The van der Waals surface area contributed by atoms with Gasteiger partial charge in [-0.25, -0.2) is 0 Å². The monoisotopic (exact) mass is 653 g/mol. The van der Waals surface area contributed by atoms with Crippen LogP contribution >= 0.6 is 0 Å². The van der Waals surface area contributed by atoms with E-state index in [0.717, 1.165) is 56.2 Å². The Hall–Kier alpha value is -2.61. The van der Waals surface area contributed by atoms with Crippen LogP contribution in [0.2, 0.25) is 0 Å². The molecule has 258 valence electrons. The Kier molecular flexibility index (Phi) is 8.90. The molecule has 3 fully saturated rings. The van der Waals surface area contributed by atoms with Gasteiger partial charge in [-0.15, -0.1) is 0 Å². The van der Waals surface area contributed by atoms with E-state index in [1.807, 2.05) is 60.7 Å². The number of Topliss-reactive ketones (excluding diaryl/α,β-unsaturated/α-hetero) is 1. The molecule has 6 aliphatic rings. The molecule has 2 spiro atoms. The van der Waals surface area contributed by atoms with E-state index in [2.05, 4.69) is 43.9 Å². The molecule has 2 aromatic carbocycles. The van der Waals surface area contributed by atoms with Crippen LogP contribution in [0.3, 0.4) is 0 Å². The van der Waals surface area contributed by atoms with Gasteiger partial charge in [0.15, 0.2) is 5.78 Å². The van der Waals surface area contributed by atoms with Crippen molar-refractivity contribution in [2.45, 2.75) is 96.6 Å². The number of fused-ring (bicyclic) bond motifs is 1. The van der Waals surface area contributed by atoms with Gasteiger partial charge in [0.2, 0.25) is 0 Å². The third-order valence-electron chi connectivity index (χ3n) is 13.9. The molecule has 6 aliphatic carbocycles. The number of ether oxygens (including phenoxy) is 1. The number of aliphatic hydroxyl groups excluding tert-OH is 2. The lowest BCUT2D eigenvalue weighted by Gasteiger charge is -2.71. The number of aliphatic hydroxyl groups is 3. The van der Waals surface area contributed by atoms with E-state index in [0.29, 0.717) is 38.1 Å². The minimum absolute atomic E-state index is 0.0540. The molecular formula is C42H55NO5. The van der Waals surface area contributed by atoms with E-state index in [-0.39, 0.29) is 41.2 Å². The van der Waals surface area contributed by atoms with E-state index in [1.54, 1.807) is 0 Å². The quantitative estimate of drug-likeness (QED) is 0.174. The van der Waals surface area contributed by atoms with Gasteiger partial charge < -0.3 is 20.1 Å². The molecule has 1 unspecified atom stereocenters. The third kappa shape index (κ3) is 5.21. The van der Waals surface area contributed by atoms with Gasteiger partial charge in [0.05, 0.1) is 31.0 Å². The maximum Gasteiger partial charge on any atom is 0.189 e. The second-order valence-corrected chi connectivity index (χ2v) is 16.4. The van der Waals surface area contributed by atoms with E-state index in [1.165, 1.54) is 0 Å². The van der Waals surface area contributed by atoms with Gasteiger partial charge in [-0.2, -0.15) is 0 Å². The fraction of sp³-hybridized carbons (Fsp3) is 0.595. The molecule has 3 N–H and O–H groups in total. The number of benzene rings is 2. The van der Waals surface area contributed by atoms with Crippen LogP contribution < -0.4 is 0 Å². The van der Waals surface area contributed by atoms with Gasteiger partial charge in [-0.05, 0) is 80.7 Å². The van der Waals surface area contributed by atoms with Crippen molar-refractivity contribution in [3.63, 3.8) is 0 Å². The van der Waals surface area contributed by atoms with E-state index in [4.69, 9.17) is 4.74 Å². The number of allylic oxidation sites excluding steroid dienone is 4. The predicted molar refractivity (Wildman–Crippen MR) is 188 cm³/mol. The molecule has 0 radical (unpaired) electrons. The van der Waals surface area contributed by atoms with Crippen molar-refractivity contribution in [2.24, 2.45) is 33.5 Å². The summed E-state index contributed by atoms with van der Waals surface area (Å²) in [7, 11) is 0. The van der Waals surface area contributed by atoms with Crippen LogP contribution in [0.4, 0.5) is 0 Å². The fourth-order valence-corrected chi connectivity index (χ4v) is 11.5. The lowest BCUT2D eigenvalue weighted by Crippen LogP contribution is -2.67. The van der Waals surface area contributed by atoms with Crippen molar-refractivity contribution in [2.75, 3.05) is 26.2 Å². The molecular weight excluding hydrogens is 598 g/mol. The summed E-state index contributed by atoms with van der Waals surface area (Å²) in [5, 5.41) is 34.9. The molecule has 9 atom stereocenters. The van der Waals surface area contributed by atoms with Gasteiger partial charge in [0, 0.05) is 40.5 Å². The Morgan fingerprint density at radius 1 is 0.938 bits per heavy atom. The van der Waals surface area contributed by atoms with Crippen LogP contribution in [-0.4, -0.2) is 70.1 Å². The number of carbonyl (C=O) groups excluding carboxylic acids is 1. The predicted octanol–water partition coefficient (Wildman–Crippen LogP) is 6.75. The second kappa shape index (κ2) is 12.6. The van der Waals surface area contributed by atoms with Crippen LogP contribution in [0, 0.1) is 33.5 Å². The number of hydrogen-bond donors (Lipinski definition) is 3. The highest BCUT2D eigenvalue weighted by Gasteiger charge is 2.74. The van der Waals surface area contributed by atoms with Crippen LogP contribution in [0.15, 0.2) is 84.5 Å². The fourth-order valence-electron chi connectivity index (χ4n) is 11.5. The zero-order chi connectivity index (χ0) is 33.8. The van der Waals surface area contributed by atoms with Crippen molar-refractivity contribution < 1.29 is 24.9 Å². The molecule has 2 bridgehead atoms. The molecule has 2 aromatic rings. The largest absolute Gasteiger partial charge is 0.393 e. The van der Waals surface area contributed by atoms with Gasteiger partial charge in [-0.3, -0.25) is 9.69 Å². The first kappa shape index (κ1) is 33.9. The summed E-state index contributed by atoms with van der Waals surface area (Å²) < 4.78 is 5.88. The normalized spacial score (nSPS) is 38.6. The highest BCUT2D eigenvalue weighted by atomic mass is 16.5. The molecule has 6 heteroatoms. The highest BCUT2D eigenvalue weighted by molar-refractivity contribution is 6.10. The lowest BCUT2D eigenvalue weighted by atomic mass is 9.32. The van der Waals surface area contributed by atoms with Crippen molar-refractivity contribution in [3.05, 3.63) is 95.6 Å².